The Hall–Kier alpha value is -0.573. The fraction of sp³-hybridized carbons (Fsp3) is 0. The number of hydrogen-bond donors (Lipinski definition) is 0. The minimum absolute atomic E-state index is 0.332. The minimum Gasteiger partial charge on any atom is -0.526 e. The third-order valence-corrected chi connectivity index (χ3v) is 0.770. The highest BCUT2D eigenvalue weighted by molar-refractivity contribution is 6.07. The van der Waals surface area contributed by atoms with Crippen LogP contribution in [0.1, 0.15) is 0 Å². The molecule has 0 aromatic carbocycles. The highest BCUT2D eigenvalue weighted by Gasteiger charge is 1.81. The normalized spacial score (nSPS) is 7.33. The lowest BCUT2D eigenvalue weighted by Crippen LogP contribution is -1.93. The fourth-order valence-corrected chi connectivity index (χ4v) is 0.250. The third kappa shape index (κ3) is 1.72. The van der Waals surface area contributed by atoms with Crippen LogP contribution in [0.4, 0.5) is 0 Å². The summed E-state index contributed by atoms with van der Waals surface area (Å²) < 4.78 is 4.28. The van der Waals surface area contributed by atoms with E-state index in [9.17, 15) is 4.79 Å². The molecule has 0 fully saturated rings. The Morgan fingerprint density at radius 2 is 2.50 bits per heavy atom. The molecule has 0 unspecified atom stereocenters. The summed E-state index contributed by atoms with van der Waals surface area (Å²) in [5.74, 6) is -0.332. The SMILES string of the molecule is C=CC(=O)O[SiH3]. The molecule has 3 heteroatoms. The van der Waals surface area contributed by atoms with Crippen molar-refractivity contribution in [1.82, 2.24) is 0 Å². The number of hydrogen-bond acceptors (Lipinski definition) is 2. The third-order valence-electron chi connectivity index (χ3n) is 0.368. The Kier molecular flexibility index (Phi) is 2.40. The summed E-state index contributed by atoms with van der Waals surface area (Å²) in [6, 6.07) is 0. The topological polar surface area (TPSA) is 26.3 Å². The maximum absolute atomic E-state index is 9.88. The van der Waals surface area contributed by atoms with Gasteiger partial charge in [-0.3, -0.25) is 0 Å². The van der Waals surface area contributed by atoms with Crippen LogP contribution in [0.15, 0.2) is 12.7 Å². The van der Waals surface area contributed by atoms with Crippen molar-refractivity contribution in [1.29, 1.82) is 0 Å². The smallest absolute Gasteiger partial charge is 0.316 e. The van der Waals surface area contributed by atoms with Crippen molar-refractivity contribution in [2.75, 3.05) is 0 Å². The van der Waals surface area contributed by atoms with E-state index in [0.29, 0.717) is 10.5 Å². The second kappa shape index (κ2) is 2.65. The van der Waals surface area contributed by atoms with Crippen molar-refractivity contribution in [3.05, 3.63) is 12.7 Å². The van der Waals surface area contributed by atoms with Gasteiger partial charge >= 0.3 is 5.97 Å². The predicted molar refractivity (Wildman–Crippen MR) is 26.2 cm³/mol. The lowest BCUT2D eigenvalue weighted by atomic mass is 10.7. The first kappa shape index (κ1) is 5.43. The molecule has 0 aliphatic rings. The monoisotopic (exact) mass is 102 g/mol. The zero-order valence-electron chi connectivity index (χ0n) is 3.60. The van der Waals surface area contributed by atoms with Crippen LogP contribution in [0.5, 0.6) is 0 Å². The first-order valence-corrected chi connectivity index (χ1v) is 2.33. The predicted octanol–water partition coefficient (Wildman–Crippen LogP) is -1.00. The number of rotatable bonds is 1. The van der Waals surface area contributed by atoms with Crippen LogP contribution in [0, 0.1) is 0 Å². The molecule has 0 aromatic rings. The van der Waals surface area contributed by atoms with Gasteiger partial charge in [0.15, 0.2) is 0 Å². The van der Waals surface area contributed by atoms with Crippen molar-refractivity contribution in [2.45, 2.75) is 0 Å². The molecule has 0 radical (unpaired) electrons. The molecule has 0 heterocycles. The van der Waals surface area contributed by atoms with Crippen LogP contribution >= 0.6 is 0 Å². The van der Waals surface area contributed by atoms with Gasteiger partial charge in [-0.25, -0.2) is 4.79 Å². The molecule has 0 amide bonds. The first-order chi connectivity index (χ1) is 2.81. The minimum atomic E-state index is -0.332. The van der Waals surface area contributed by atoms with Gasteiger partial charge in [-0.05, 0) is 0 Å². The Labute approximate surface area is 39.3 Å². The van der Waals surface area contributed by atoms with Crippen LogP contribution in [0.3, 0.4) is 0 Å². The lowest BCUT2D eigenvalue weighted by Gasteiger charge is -1.84. The van der Waals surface area contributed by atoms with E-state index < -0.39 is 0 Å². The molecule has 0 aliphatic heterocycles. The molecule has 0 bridgehead atoms. The van der Waals surface area contributed by atoms with Crippen molar-refractivity contribution >= 4 is 16.5 Å². The molecule has 0 aliphatic carbocycles. The zero-order valence-corrected chi connectivity index (χ0v) is 5.60. The summed E-state index contributed by atoms with van der Waals surface area (Å²) in [6.45, 7) is 3.18. The van der Waals surface area contributed by atoms with E-state index in [4.69, 9.17) is 0 Å². The average molecular weight is 102 g/mol. The van der Waals surface area contributed by atoms with E-state index >= 15 is 0 Å². The van der Waals surface area contributed by atoms with Gasteiger partial charge in [-0.15, -0.1) is 0 Å². The van der Waals surface area contributed by atoms with Gasteiger partial charge in [-0.2, -0.15) is 0 Å². The molecular formula is C3H6O2Si. The second-order valence-corrected chi connectivity index (χ2v) is 1.14. The Morgan fingerprint density at radius 3 is 2.50 bits per heavy atom. The summed E-state index contributed by atoms with van der Waals surface area (Å²) in [5.41, 5.74) is 0. The van der Waals surface area contributed by atoms with E-state index in [1.54, 1.807) is 0 Å². The highest BCUT2D eigenvalue weighted by atomic mass is 28.2. The Balaban J connectivity index is 3.23. The van der Waals surface area contributed by atoms with Gasteiger partial charge in [0.2, 0.25) is 10.5 Å². The summed E-state index contributed by atoms with van der Waals surface area (Å²) in [5, 5.41) is 0. The van der Waals surface area contributed by atoms with Crippen LogP contribution < -0.4 is 0 Å². The number of carbonyl (C=O) groups is 1. The summed E-state index contributed by atoms with van der Waals surface area (Å²) in [6.07, 6.45) is 1.15. The maximum Gasteiger partial charge on any atom is 0.316 e. The largest absolute Gasteiger partial charge is 0.526 e. The molecular weight excluding hydrogens is 96.1 g/mol. The van der Waals surface area contributed by atoms with Gasteiger partial charge < -0.3 is 4.43 Å². The molecule has 0 rings (SSSR count). The lowest BCUT2D eigenvalue weighted by molar-refractivity contribution is -0.128. The summed E-state index contributed by atoms with van der Waals surface area (Å²) in [7, 11) is 0.462. The first-order valence-electron chi connectivity index (χ1n) is 1.51. The Bertz CT molecular complexity index is 69.2. The van der Waals surface area contributed by atoms with Crippen molar-refractivity contribution in [2.24, 2.45) is 0 Å². The molecule has 0 spiro atoms. The summed E-state index contributed by atoms with van der Waals surface area (Å²) >= 11 is 0. The van der Waals surface area contributed by atoms with Crippen molar-refractivity contribution < 1.29 is 9.22 Å². The Morgan fingerprint density at radius 1 is 2.00 bits per heavy atom. The molecule has 0 N–H and O–H groups in total. The molecule has 0 atom stereocenters. The number of carbonyl (C=O) groups excluding carboxylic acids is 1. The van der Waals surface area contributed by atoms with Crippen molar-refractivity contribution in [3.8, 4) is 0 Å². The zero-order chi connectivity index (χ0) is 4.99. The maximum atomic E-state index is 9.88. The van der Waals surface area contributed by atoms with Crippen LogP contribution in [-0.2, 0) is 9.22 Å². The van der Waals surface area contributed by atoms with Gasteiger partial charge in [0.25, 0.3) is 0 Å². The van der Waals surface area contributed by atoms with Gasteiger partial charge in [-0.1, -0.05) is 6.58 Å². The van der Waals surface area contributed by atoms with Crippen molar-refractivity contribution in [3.63, 3.8) is 0 Å². The molecule has 34 valence electrons. The highest BCUT2D eigenvalue weighted by Crippen LogP contribution is 1.66. The van der Waals surface area contributed by atoms with Crippen LogP contribution in [0.2, 0.25) is 0 Å². The van der Waals surface area contributed by atoms with Gasteiger partial charge in [0.05, 0.1) is 0 Å². The quantitative estimate of drug-likeness (QED) is 0.313. The van der Waals surface area contributed by atoms with Crippen LogP contribution in [0.25, 0.3) is 0 Å². The van der Waals surface area contributed by atoms with E-state index in [2.05, 4.69) is 11.0 Å². The summed E-state index contributed by atoms with van der Waals surface area (Å²) in [4.78, 5) is 9.88. The van der Waals surface area contributed by atoms with E-state index in [-0.39, 0.29) is 5.97 Å². The molecule has 0 saturated carbocycles. The average Bonchev–Trinajstić information content (AvgIpc) is 1.65. The second-order valence-electron chi connectivity index (χ2n) is 0.727. The molecule has 0 aromatic heterocycles. The van der Waals surface area contributed by atoms with E-state index in [1.165, 1.54) is 0 Å². The molecule has 0 saturated heterocycles. The van der Waals surface area contributed by atoms with Gasteiger partial charge in [0.1, 0.15) is 0 Å². The van der Waals surface area contributed by atoms with Crippen LogP contribution in [-0.4, -0.2) is 16.5 Å². The van der Waals surface area contributed by atoms with Gasteiger partial charge in [0, 0.05) is 6.08 Å². The van der Waals surface area contributed by atoms with E-state index in [1.807, 2.05) is 0 Å². The fourth-order valence-electron chi connectivity index (χ4n) is 0.0833. The van der Waals surface area contributed by atoms with E-state index in [0.717, 1.165) is 6.08 Å². The molecule has 2 nitrogen and oxygen atoms in total. The molecule has 6 heavy (non-hydrogen) atoms. The standard InChI is InChI=1S/C3H6O2Si/c1-2-3(4)5-6/h2H,1H2,6H3.